The van der Waals surface area contributed by atoms with Crippen LogP contribution in [0.2, 0.25) is 0 Å². The molecular formula is C11H18N4O3S2. The number of carbonyl (C=O) groups excluding carboxylic acids is 1. The summed E-state index contributed by atoms with van der Waals surface area (Å²) in [5.41, 5.74) is 5.77. The molecule has 1 aromatic heterocycles. The summed E-state index contributed by atoms with van der Waals surface area (Å²) in [6, 6.07) is 0. The Hall–Kier alpha value is -1.35. The molecule has 1 saturated heterocycles. The Kier molecular flexibility index (Phi) is 4.48. The van der Waals surface area contributed by atoms with Crippen molar-refractivity contribution in [3.8, 4) is 0 Å². The summed E-state index contributed by atoms with van der Waals surface area (Å²) in [4.78, 5) is 18.3. The molecule has 1 amide bonds. The fourth-order valence-corrected chi connectivity index (χ4v) is 3.93. The molecule has 7 nitrogen and oxygen atoms in total. The van der Waals surface area contributed by atoms with Crippen molar-refractivity contribution in [3.05, 3.63) is 4.88 Å². The number of hydrogen-bond donors (Lipinski definition) is 2. The van der Waals surface area contributed by atoms with Gasteiger partial charge in [-0.3, -0.25) is 4.79 Å². The topological polar surface area (TPSA) is 105 Å². The molecule has 0 unspecified atom stereocenters. The van der Waals surface area contributed by atoms with Gasteiger partial charge >= 0.3 is 0 Å². The third-order valence-electron chi connectivity index (χ3n) is 3.01. The Morgan fingerprint density at radius 3 is 2.70 bits per heavy atom. The smallest absolute Gasteiger partial charge is 0.267 e. The standard InChI is InChI=1S/C11H18N4O3S2/c1-2-3-13-11-14-9(12)8(19-11)10(16)15-4-6-20(17,18)7-5-15/h2-7,12H2,1H3,(H,13,14). The maximum atomic E-state index is 12.3. The summed E-state index contributed by atoms with van der Waals surface area (Å²) in [7, 11) is -3.00. The summed E-state index contributed by atoms with van der Waals surface area (Å²) < 4.78 is 22.7. The molecule has 1 aliphatic heterocycles. The molecule has 1 aromatic rings. The van der Waals surface area contributed by atoms with E-state index in [4.69, 9.17) is 5.73 Å². The molecule has 20 heavy (non-hydrogen) atoms. The Bertz CT molecular complexity index is 583. The van der Waals surface area contributed by atoms with Gasteiger partial charge in [0.2, 0.25) is 0 Å². The van der Waals surface area contributed by atoms with Crippen LogP contribution in [0.25, 0.3) is 0 Å². The van der Waals surface area contributed by atoms with Crippen molar-refractivity contribution < 1.29 is 13.2 Å². The Labute approximate surface area is 122 Å². The maximum absolute atomic E-state index is 12.3. The molecule has 112 valence electrons. The fourth-order valence-electron chi connectivity index (χ4n) is 1.85. The third-order valence-corrected chi connectivity index (χ3v) is 5.63. The number of amides is 1. The molecule has 9 heteroatoms. The quantitative estimate of drug-likeness (QED) is 0.833. The highest BCUT2D eigenvalue weighted by atomic mass is 32.2. The largest absolute Gasteiger partial charge is 0.382 e. The van der Waals surface area contributed by atoms with Crippen LogP contribution in [-0.4, -0.2) is 55.3 Å². The van der Waals surface area contributed by atoms with Crippen LogP contribution >= 0.6 is 11.3 Å². The first-order valence-corrected chi connectivity index (χ1v) is 9.06. The van der Waals surface area contributed by atoms with E-state index in [2.05, 4.69) is 10.3 Å². The minimum Gasteiger partial charge on any atom is -0.382 e. The maximum Gasteiger partial charge on any atom is 0.267 e. The van der Waals surface area contributed by atoms with Crippen molar-refractivity contribution in [2.45, 2.75) is 13.3 Å². The van der Waals surface area contributed by atoms with Gasteiger partial charge in [0, 0.05) is 19.6 Å². The van der Waals surface area contributed by atoms with Gasteiger partial charge in [0.15, 0.2) is 15.0 Å². The highest BCUT2D eigenvalue weighted by molar-refractivity contribution is 7.91. The minimum absolute atomic E-state index is 0.0123. The molecule has 0 saturated carbocycles. The molecule has 0 aliphatic carbocycles. The molecule has 2 heterocycles. The monoisotopic (exact) mass is 318 g/mol. The lowest BCUT2D eigenvalue weighted by Crippen LogP contribution is -2.43. The van der Waals surface area contributed by atoms with Crippen LogP contribution < -0.4 is 11.1 Å². The zero-order chi connectivity index (χ0) is 14.8. The predicted molar refractivity (Wildman–Crippen MR) is 79.9 cm³/mol. The van der Waals surface area contributed by atoms with Crippen molar-refractivity contribution in [1.82, 2.24) is 9.88 Å². The predicted octanol–water partition coefficient (Wildman–Crippen LogP) is 0.418. The second-order valence-corrected chi connectivity index (χ2v) is 7.91. The summed E-state index contributed by atoms with van der Waals surface area (Å²) in [6.07, 6.45) is 0.951. The lowest BCUT2D eigenvalue weighted by Gasteiger charge is -2.26. The first kappa shape index (κ1) is 15.0. The number of thiazole rings is 1. The molecule has 3 N–H and O–H groups in total. The average molecular weight is 318 g/mol. The molecule has 0 atom stereocenters. The van der Waals surface area contributed by atoms with E-state index in [0.717, 1.165) is 13.0 Å². The second kappa shape index (κ2) is 5.96. The summed E-state index contributed by atoms with van der Waals surface area (Å²) in [5.74, 6) is -0.0111. The Morgan fingerprint density at radius 1 is 1.45 bits per heavy atom. The second-order valence-electron chi connectivity index (χ2n) is 4.60. The fraction of sp³-hybridized carbons (Fsp3) is 0.636. The minimum atomic E-state index is -3.00. The van der Waals surface area contributed by atoms with Gasteiger partial charge in [-0.25, -0.2) is 13.4 Å². The van der Waals surface area contributed by atoms with Crippen LogP contribution in [0.3, 0.4) is 0 Å². The van der Waals surface area contributed by atoms with E-state index >= 15 is 0 Å². The van der Waals surface area contributed by atoms with Crippen molar-refractivity contribution >= 4 is 38.0 Å². The zero-order valence-electron chi connectivity index (χ0n) is 11.3. The van der Waals surface area contributed by atoms with Crippen LogP contribution in [0.4, 0.5) is 10.9 Å². The number of sulfone groups is 1. The Balaban J connectivity index is 2.07. The molecule has 2 rings (SSSR count). The van der Waals surface area contributed by atoms with Crippen molar-refractivity contribution in [2.75, 3.05) is 42.2 Å². The molecule has 0 spiro atoms. The van der Waals surface area contributed by atoms with E-state index in [1.54, 1.807) is 0 Å². The van der Waals surface area contributed by atoms with Crippen LogP contribution in [-0.2, 0) is 9.84 Å². The third kappa shape index (κ3) is 3.40. The molecule has 0 radical (unpaired) electrons. The van der Waals surface area contributed by atoms with Crippen LogP contribution in [0.15, 0.2) is 0 Å². The molecule has 0 aromatic carbocycles. The van der Waals surface area contributed by atoms with E-state index < -0.39 is 9.84 Å². The first-order chi connectivity index (χ1) is 9.43. The number of hydrogen-bond acceptors (Lipinski definition) is 7. The zero-order valence-corrected chi connectivity index (χ0v) is 12.9. The van der Waals surface area contributed by atoms with Crippen LogP contribution in [0, 0.1) is 0 Å². The molecule has 1 aliphatic rings. The first-order valence-electron chi connectivity index (χ1n) is 6.43. The number of anilines is 2. The normalized spacial score (nSPS) is 17.9. The number of carbonyl (C=O) groups is 1. The summed E-state index contributed by atoms with van der Waals surface area (Å²) >= 11 is 1.21. The van der Waals surface area contributed by atoms with Gasteiger partial charge in [-0.1, -0.05) is 18.3 Å². The number of aromatic nitrogens is 1. The van der Waals surface area contributed by atoms with Gasteiger partial charge in [0.25, 0.3) is 5.91 Å². The van der Waals surface area contributed by atoms with E-state index in [0.29, 0.717) is 10.0 Å². The van der Waals surface area contributed by atoms with Gasteiger partial charge in [-0.05, 0) is 6.42 Å². The van der Waals surface area contributed by atoms with Crippen molar-refractivity contribution in [1.29, 1.82) is 0 Å². The number of nitrogens with one attached hydrogen (secondary N) is 1. The SMILES string of the molecule is CCCNc1nc(N)c(C(=O)N2CCS(=O)(=O)CC2)s1. The van der Waals surface area contributed by atoms with Gasteiger partial charge in [-0.15, -0.1) is 0 Å². The van der Waals surface area contributed by atoms with Gasteiger partial charge < -0.3 is 16.0 Å². The molecule has 0 bridgehead atoms. The highest BCUT2D eigenvalue weighted by Gasteiger charge is 2.28. The lowest BCUT2D eigenvalue weighted by molar-refractivity contribution is 0.0776. The van der Waals surface area contributed by atoms with Gasteiger partial charge in [0.05, 0.1) is 11.5 Å². The molecular weight excluding hydrogens is 300 g/mol. The Morgan fingerprint density at radius 2 is 2.10 bits per heavy atom. The lowest BCUT2D eigenvalue weighted by atomic mass is 10.4. The number of rotatable bonds is 4. The van der Waals surface area contributed by atoms with E-state index in [-0.39, 0.29) is 36.3 Å². The number of nitrogens with zero attached hydrogens (tertiary/aromatic N) is 2. The number of nitrogen functional groups attached to an aromatic ring is 1. The number of nitrogens with two attached hydrogens (primary N) is 1. The highest BCUT2D eigenvalue weighted by Crippen LogP contribution is 2.26. The van der Waals surface area contributed by atoms with Crippen LogP contribution in [0.5, 0.6) is 0 Å². The molecule has 1 fully saturated rings. The average Bonchev–Trinajstić information content (AvgIpc) is 2.77. The van der Waals surface area contributed by atoms with Gasteiger partial charge in [0.1, 0.15) is 10.7 Å². The summed E-state index contributed by atoms with van der Waals surface area (Å²) in [6.45, 7) is 3.24. The van der Waals surface area contributed by atoms with E-state index in [1.807, 2.05) is 6.92 Å². The summed E-state index contributed by atoms with van der Waals surface area (Å²) in [5, 5.41) is 3.71. The van der Waals surface area contributed by atoms with E-state index in [1.165, 1.54) is 16.2 Å². The van der Waals surface area contributed by atoms with Crippen molar-refractivity contribution in [3.63, 3.8) is 0 Å². The van der Waals surface area contributed by atoms with E-state index in [9.17, 15) is 13.2 Å². The van der Waals surface area contributed by atoms with Gasteiger partial charge in [-0.2, -0.15) is 0 Å². The van der Waals surface area contributed by atoms with Crippen LogP contribution in [0.1, 0.15) is 23.0 Å². The van der Waals surface area contributed by atoms with Crippen molar-refractivity contribution in [2.24, 2.45) is 0 Å².